The van der Waals surface area contributed by atoms with E-state index in [1.807, 2.05) is 97.2 Å². The summed E-state index contributed by atoms with van der Waals surface area (Å²) in [6.45, 7) is 4.01. The van der Waals surface area contributed by atoms with Crippen molar-refractivity contribution in [2.45, 2.75) is 19.9 Å². The average Bonchev–Trinajstić information content (AvgIpc) is 3.14. The van der Waals surface area contributed by atoms with Crippen LogP contribution < -0.4 is 10.2 Å². The number of nitrogens with one attached hydrogen (secondary N) is 1. The van der Waals surface area contributed by atoms with Crippen molar-refractivity contribution in [2.24, 2.45) is 0 Å². The van der Waals surface area contributed by atoms with Crippen molar-refractivity contribution in [2.75, 3.05) is 10.2 Å². The van der Waals surface area contributed by atoms with Crippen LogP contribution in [-0.4, -0.2) is 21.3 Å². The molecule has 140 valence electrons. The molecule has 0 radical (unpaired) electrons. The van der Waals surface area contributed by atoms with Crippen LogP contribution in [0.5, 0.6) is 0 Å². The Morgan fingerprint density at radius 1 is 0.929 bits per heavy atom. The molecule has 1 amide bonds. The fourth-order valence-corrected chi connectivity index (χ4v) is 3.20. The molecule has 2 aromatic carbocycles. The molecule has 0 saturated heterocycles. The molecule has 5 nitrogen and oxygen atoms in total. The molecule has 2 heterocycles. The van der Waals surface area contributed by atoms with Crippen molar-refractivity contribution in [1.29, 1.82) is 0 Å². The monoisotopic (exact) mass is 370 g/mol. The molecule has 5 heteroatoms. The van der Waals surface area contributed by atoms with Gasteiger partial charge in [0.25, 0.3) is 5.91 Å². The minimum atomic E-state index is -0.109. The largest absolute Gasteiger partial charge is 0.356 e. The Kier molecular flexibility index (Phi) is 4.81. The van der Waals surface area contributed by atoms with Gasteiger partial charge in [-0.2, -0.15) is 0 Å². The molecule has 0 fully saturated rings. The molecule has 0 unspecified atom stereocenters. The molecule has 0 aliphatic heterocycles. The van der Waals surface area contributed by atoms with E-state index in [0.717, 1.165) is 22.7 Å². The lowest BCUT2D eigenvalue weighted by atomic mass is 10.2. The van der Waals surface area contributed by atoms with E-state index in [0.29, 0.717) is 5.69 Å². The minimum absolute atomic E-state index is 0.00486. The summed E-state index contributed by atoms with van der Waals surface area (Å²) >= 11 is 0. The van der Waals surface area contributed by atoms with Crippen LogP contribution in [0.25, 0.3) is 5.65 Å². The van der Waals surface area contributed by atoms with Gasteiger partial charge in [0.2, 0.25) is 0 Å². The number of hydrogen-bond donors (Lipinski definition) is 1. The topological polar surface area (TPSA) is 49.6 Å². The molecule has 4 aromatic rings. The summed E-state index contributed by atoms with van der Waals surface area (Å²) in [6, 6.07) is 23.6. The van der Waals surface area contributed by atoms with Crippen LogP contribution in [-0.2, 0) is 0 Å². The first-order chi connectivity index (χ1) is 13.6. The summed E-state index contributed by atoms with van der Waals surface area (Å²) in [7, 11) is 0. The molecular formula is C23H22N4O. The molecule has 0 aliphatic carbocycles. The maximum Gasteiger partial charge on any atom is 0.278 e. The van der Waals surface area contributed by atoms with Gasteiger partial charge in [-0.3, -0.25) is 4.79 Å². The normalized spacial score (nSPS) is 11.0. The molecule has 0 spiro atoms. The van der Waals surface area contributed by atoms with Gasteiger partial charge in [-0.15, -0.1) is 0 Å². The number of amides is 1. The van der Waals surface area contributed by atoms with E-state index in [-0.39, 0.29) is 11.9 Å². The molecule has 1 N–H and O–H groups in total. The first-order valence-electron chi connectivity index (χ1n) is 9.31. The van der Waals surface area contributed by atoms with Crippen LogP contribution in [0.4, 0.5) is 17.1 Å². The number of carbonyl (C=O) groups is 1. The van der Waals surface area contributed by atoms with Crippen molar-refractivity contribution in [3.63, 3.8) is 0 Å². The fraction of sp³-hybridized carbons (Fsp3) is 0.130. The smallest absolute Gasteiger partial charge is 0.278 e. The van der Waals surface area contributed by atoms with Crippen LogP contribution >= 0.6 is 0 Å². The standard InChI is InChI=1S/C23H22N4O/c1-17(2)27(23(28)21-16-26-15-7-6-10-22(26)25-21)20-13-11-19(12-14-20)24-18-8-4-3-5-9-18/h3-17,24H,1-2H3. The summed E-state index contributed by atoms with van der Waals surface area (Å²) < 4.78 is 1.86. The van der Waals surface area contributed by atoms with Crippen LogP contribution in [0.2, 0.25) is 0 Å². The average molecular weight is 370 g/mol. The van der Waals surface area contributed by atoms with Crippen molar-refractivity contribution in [3.8, 4) is 0 Å². The van der Waals surface area contributed by atoms with Gasteiger partial charge in [-0.25, -0.2) is 4.98 Å². The van der Waals surface area contributed by atoms with E-state index >= 15 is 0 Å². The lowest BCUT2D eigenvalue weighted by Gasteiger charge is -2.26. The zero-order valence-electron chi connectivity index (χ0n) is 15.9. The van der Waals surface area contributed by atoms with Crippen LogP contribution in [0, 0.1) is 0 Å². The Hall–Kier alpha value is -3.60. The van der Waals surface area contributed by atoms with E-state index in [1.165, 1.54) is 0 Å². The lowest BCUT2D eigenvalue weighted by molar-refractivity contribution is 0.0976. The van der Waals surface area contributed by atoms with Crippen LogP contribution in [0.3, 0.4) is 0 Å². The SMILES string of the molecule is CC(C)N(C(=O)c1cn2ccccc2n1)c1ccc(Nc2ccccc2)cc1. The number of nitrogens with zero attached hydrogens (tertiary/aromatic N) is 3. The van der Waals surface area contributed by atoms with E-state index in [2.05, 4.69) is 10.3 Å². The lowest BCUT2D eigenvalue weighted by Crippen LogP contribution is -2.37. The summed E-state index contributed by atoms with van der Waals surface area (Å²) in [4.78, 5) is 19.4. The highest BCUT2D eigenvalue weighted by Crippen LogP contribution is 2.24. The van der Waals surface area contributed by atoms with Gasteiger partial charge in [0, 0.05) is 35.5 Å². The predicted octanol–water partition coefficient (Wildman–Crippen LogP) is 5.13. The number of rotatable bonds is 5. The van der Waals surface area contributed by atoms with Crippen molar-refractivity contribution in [1.82, 2.24) is 9.38 Å². The van der Waals surface area contributed by atoms with E-state index in [9.17, 15) is 4.79 Å². The Balaban J connectivity index is 1.59. The Bertz CT molecular complexity index is 1050. The Labute approximate surface area is 164 Å². The summed E-state index contributed by atoms with van der Waals surface area (Å²) in [6.07, 6.45) is 3.67. The highest BCUT2D eigenvalue weighted by Gasteiger charge is 2.23. The zero-order valence-corrected chi connectivity index (χ0v) is 15.9. The van der Waals surface area contributed by atoms with Crippen molar-refractivity contribution >= 4 is 28.6 Å². The molecule has 0 bridgehead atoms. The second-order valence-electron chi connectivity index (χ2n) is 6.90. The second-order valence-corrected chi connectivity index (χ2v) is 6.90. The van der Waals surface area contributed by atoms with Gasteiger partial charge >= 0.3 is 0 Å². The van der Waals surface area contributed by atoms with Gasteiger partial charge in [-0.1, -0.05) is 24.3 Å². The Morgan fingerprint density at radius 3 is 2.29 bits per heavy atom. The number of para-hydroxylation sites is 1. The summed E-state index contributed by atoms with van der Waals surface area (Å²) in [5, 5.41) is 3.36. The molecule has 0 atom stereocenters. The van der Waals surface area contributed by atoms with Gasteiger partial charge in [-0.05, 0) is 62.4 Å². The molecule has 2 aromatic heterocycles. The van der Waals surface area contributed by atoms with E-state index < -0.39 is 0 Å². The molecule has 28 heavy (non-hydrogen) atoms. The number of aromatic nitrogens is 2. The number of fused-ring (bicyclic) bond motifs is 1. The molecular weight excluding hydrogens is 348 g/mol. The van der Waals surface area contributed by atoms with Crippen molar-refractivity contribution in [3.05, 3.63) is 90.9 Å². The summed E-state index contributed by atoms with van der Waals surface area (Å²) in [5.74, 6) is -0.109. The number of imidazole rings is 1. The number of carbonyl (C=O) groups excluding carboxylic acids is 1. The highest BCUT2D eigenvalue weighted by atomic mass is 16.2. The number of anilines is 3. The first kappa shape index (κ1) is 17.8. The maximum atomic E-state index is 13.2. The third-order valence-corrected chi connectivity index (χ3v) is 4.53. The minimum Gasteiger partial charge on any atom is -0.356 e. The number of benzene rings is 2. The van der Waals surface area contributed by atoms with Crippen molar-refractivity contribution < 1.29 is 4.79 Å². The third-order valence-electron chi connectivity index (χ3n) is 4.53. The predicted molar refractivity (Wildman–Crippen MR) is 113 cm³/mol. The Morgan fingerprint density at radius 2 is 1.61 bits per heavy atom. The molecule has 0 saturated carbocycles. The van der Waals surface area contributed by atoms with Gasteiger partial charge in [0.1, 0.15) is 11.3 Å². The second kappa shape index (κ2) is 7.56. The van der Waals surface area contributed by atoms with Gasteiger partial charge < -0.3 is 14.6 Å². The first-order valence-corrected chi connectivity index (χ1v) is 9.31. The van der Waals surface area contributed by atoms with E-state index in [1.54, 1.807) is 11.1 Å². The highest BCUT2D eigenvalue weighted by molar-refractivity contribution is 6.05. The number of hydrogen-bond acceptors (Lipinski definition) is 3. The fourth-order valence-electron chi connectivity index (χ4n) is 3.20. The van der Waals surface area contributed by atoms with Gasteiger partial charge in [0.15, 0.2) is 0 Å². The third kappa shape index (κ3) is 3.60. The number of pyridine rings is 1. The van der Waals surface area contributed by atoms with Crippen LogP contribution in [0.1, 0.15) is 24.3 Å². The van der Waals surface area contributed by atoms with E-state index in [4.69, 9.17) is 0 Å². The summed E-state index contributed by atoms with van der Waals surface area (Å²) in [5.41, 5.74) is 4.04. The van der Waals surface area contributed by atoms with Gasteiger partial charge in [0.05, 0.1) is 0 Å². The van der Waals surface area contributed by atoms with Crippen LogP contribution in [0.15, 0.2) is 85.2 Å². The quantitative estimate of drug-likeness (QED) is 0.530. The maximum absolute atomic E-state index is 13.2. The molecule has 0 aliphatic rings. The molecule has 4 rings (SSSR count). The zero-order chi connectivity index (χ0) is 19.5.